The van der Waals surface area contributed by atoms with E-state index in [0.29, 0.717) is 45.7 Å². The average molecular weight is 575 g/mol. The number of esters is 1. The van der Waals surface area contributed by atoms with Gasteiger partial charge in [0.2, 0.25) is 5.91 Å². The van der Waals surface area contributed by atoms with Crippen LogP contribution in [0, 0.1) is 0 Å². The molecule has 0 aliphatic heterocycles. The molecule has 0 fully saturated rings. The number of likely N-dealkylation sites (N-methyl/N-ethyl adjacent to an activating group) is 1. The molecule has 0 radical (unpaired) electrons. The average Bonchev–Trinajstić information content (AvgIpc) is 2.97. The second-order valence-electron chi connectivity index (χ2n) is 9.09. The van der Waals surface area contributed by atoms with Crippen molar-refractivity contribution in [3.63, 3.8) is 0 Å². The summed E-state index contributed by atoms with van der Waals surface area (Å²) in [4.78, 5) is 51.1. The number of halogens is 1. The summed E-state index contributed by atoms with van der Waals surface area (Å²) >= 11 is 6.24. The van der Waals surface area contributed by atoms with Crippen molar-refractivity contribution in [2.45, 2.75) is 19.4 Å². The van der Waals surface area contributed by atoms with E-state index < -0.39 is 12.0 Å². The molecule has 8 nitrogen and oxygen atoms in total. The van der Waals surface area contributed by atoms with Gasteiger partial charge in [0.15, 0.2) is 5.78 Å². The lowest BCUT2D eigenvalue weighted by atomic mass is 9.95. The standard InChI is InChI=1S/C32H31ClN2O6/c1-21(37)26-15-12-24(33)19-28(26)27(16-17-36)30(40-3)20-35(2)29(18-22-8-6-5-7-9-22)31(38)34-25-13-10-23(11-14-25)32(39)41-4/h5-17,19-20,29H,18H2,1-4H3,(H,34,38)/b27-16-,30-20+. The number of nitrogens with zero attached hydrogens (tertiary/aromatic N) is 1. The molecule has 212 valence electrons. The zero-order valence-corrected chi connectivity index (χ0v) is 24.0. The first-order chi connectivity index (χ1) is 19.7. The molecular weight excluding hydrogens is 544 g/mol. The van der Waals surface area contributed by atoms with Crippen LogP contribution in [-0.2, 0) is 25.5 Å². The third-order valence-electron chi connectivity index (χ3n) is 6.33. The van der Waals surface area contributed by atoms with Crippen LogP contribution in [0.2, 0.25) is 5.02 Å². The number of ketones is 1. The Labute approximate surface area is 244 Å². The van der Waals surface area contributed by atoms with E-state index in [1.807, 2.05) is 30.3 Å². The Morgan fingerprint density at radius 3 is 2.22 bits per heavy atom. The SMILES string of the molecule is COC(=O)c1ccc(NC(=O)C(Cc2ccccc2)N(C)/C=C(OC)\C(=C/C=O)c2cc(Cl)ccc2C(C)=O)cc1. The molecule has 0 aromatic heterocycles. The lowest BCUT2D eigenvalue weighted by molar-refractivity contribution is -0.120. The van der Waals surface area contributed by atoms with Gasteiger partial charge in [-0.05, 0) is 66.6 Å². The monoisotopic (exact) mass is 574 g/mol. The first-order valence-electron chi connectivity index (χ1n) is 12.7. The predicted molar refractivity (Wildman–Crippen MR) is 159 cm³/mol. The van der Waals surface area contributed by atoms with Crippen molar-refractivity contribution < 1.29 is 28.7 Å². The van der Waals surface area contributed by atoms with Crippen LogP contribution in [0.4, 0.5) is 5.69 Å². The van der Waals surface area contributed by atoms with Gasteiger partial charge in [-0.25, -0.2) is 4.79 Å². The number of anilines is 1. The Kier molecular flexibility index (Phi) is 11.0. The Morgan fingerprint density at radius 2 is 1.63 bits per heavy atom. The zero-order chi connectivity index (χ0) is 29.9. The summed E-state index contributed by atoms with van der Waals surface area (Å²) in [5, 5.41) is 3.28. The minimum Gasteiger partial charge on any atom is -0.495 e. The number of allylic oxidation sites excluding steroid dienone is 2. The van der Waals surface area contributed by atoms with Gasteiger partial charge in [-0.2, -0.15) is 0 Å². The number of carbonyl (C=O) groups excluding carboxylic acids is 4. The molecule has 0 spiro atoms. The Morgan fingerprint density at radius 1 is 0.951 bits per heavy atom. The molecule has 1 atom stereocenters. The summed E-state index contributed by atoms with van der Waals surface area (Å²) in [6, 6.07) is 19.9. The Hall–Kier alpha value is -4.69. The molecule has 3 aromatic carbocycles. The van der Waals surface area contributed by atoms with E-state index >= 15 is 0 Å². The van der Waals surface area contributed by atoms with Gasteiger partial charge in [-0.15, -0.1) is 0 Å². The largest absolute Gasteiger partial charge is 0.495 e. The van der Waals surface area contributed by atoms with Crippen molar-refractivity contribution in [3.8, 4) is 0 Å². The third-order valence-corrected chi connectivity index (χ3v) is 6.57. The molecular formula is C32H31ClN2O6. The highest BCUT2D eigenvalue weighted by Gasteiger charge is 2.25. The van der Waals surface area contributed by atoms with Crippen molar-refractivity contribution in [2.24, 2.45) is 0 Å². The normalized spacial score (nSPS) is 12.2. The van der Waals surface area contributed by atoms with Crippen LogP contribution in [0.15, 0.2) is 90.8 Å². The third kappa shape index (κ3) is 8.16. The minimum absolute atomic E-state index is 0.211. The van der Waals surface area contributed by atoms with E-state index in [0.717, 1.165) is 5.56 Å². The van der Waals surface area contributed by atoms with Crippen LogP contribution < -0.4 is 5.32 Å². The molecule has 0 bridgehead atoms. The van der Waals surface area contributed by atoms with Gasteiger partial charge in [0.05, 0.1) is 19.8 Å². The van der Waals surface area contributed by atoms with Gasteiger partial charge >= 0.3 is 5.97 Å². The Balaban J connectivity index is 2.00. The fraction of sp³-hybridized carbons (Fsp3) is 0.188. The first kappa shape index (κ1) is 30.8. The number of hydrogen-bond acceptors (Lipinski definition) is 7. The number of rotatable bonds is 12. The van der Waals surface area contributed by atoms with Crippen LogP contribution in [-0.4, -0.2) is 56.2 Å². The summed E-state index contributed by atoms with van der Waals surface area (Å²) in [5.41, 5.74) is 2.90. The molecule has 0 saturated heterocycles. The molecule has 9 heteroatoms. The minimum atomic E-state index is -0.716. The summed E-state index contributed by atoms with van der Waals surface area (Å²) in [6.45, 7) is 1.42. The van der Waals surface area contributed by atoms with Crippen LogP contribution in [0.5, 0.6) is 0 Å². The van der Waals surface area contributed by atoms with E-state index in [1.165, 1.54) is 27.2 Å². The number of carbonyl (C=O) groups is 4. The van der Waals surface area contributed by atoms with E-state index in [9.17, 15) is 19.2 Å². The molecule has 0 heterocycles. The van der Waals surface area contributed by atoms with Crippen molar-refractivity contribution in [2.75, 3.05) is 26.6 Å². The number of methoxy groups -OCH3 is 2. The maximum Gasteiger partial charge on any atom is 0.337 e. The topological polar surface area (TPSA) is 102 Å². The highest BCUT2D eigenvalue weighted by atomic mass is 35.5. The maximum atomic E-state index is 13.6. The van der Waals surface area contributed by atoms with Crippen LogP contribution >= 0.6 is 11.6 Å². The van der Waals surface area contributed by atoms with E-state index in [-0.39, 0.29) is 17.4 Å². The van der Waals surface area contributed by atoms with Gasteiger partial charge in [0.1, 0.15) is 18.1 Å². The fourth-order valence-corrected chi connectivity index (χ4v) is 4.39. The number of benzene rings is 3. The van der Waals surface area contributed by atoms with Crippen LogP contribution in [0.25, 0.3) is 5.57 Å². The second kappa shape index (κ2) is 14.6. The lowest BCUT2D eigenvalue weighted by Crippen LogP contribution is -2.41. The molecule has 0 aliphatic carbocycles. The summed E-state index contributed by atoms with van der Waals surface area (Å²) < 4.78 is 10.4. The lowest BCUT2D eigenvalue weighted by Gasteiger charge is -2.27. The van der Waals surface area contributed by atoms with Crippen molar-refractivity contribution in [1.29, 1.82) is 0 Å². The molecule has 41 heavy (non-hydrogen) atoms. The molecule has 3 rings (SSSR count). The fourth-order valence-electron chi connectivity index (χ4n) is 4.22. The quantitative estimate of drug-likeness (QED) is 0.0752. The van der Waals surface area contributed by atoms with Gasteiger partial charge in [-0.3, -0.25) is 14.4 Å². The molecule has 3 aromatic rings. The van der Waals surface area contributed by atoms with Crippen molar-refractivity contribution in [3.05, 3.63) is 118 Å². The number of amides is 1. The molecule has 1 unspecified atom stereocenters. The number of ether oxygens (including phenoxy) is 2. The van der Waals surface area contributed by atoms with Crippen molar-refractivity contribution >= 4 is 46.8 Å². The van der Waals surface area contributed by atoms with Gasteiger partial charge in [0.25, 0.3) is 0 Å². The van der Waals surface area contributed by atoms with Crippen LogP contribution in [0.3, 0.4) is 0 Å². The molecule has 0 saturated carbocycles. The molecule has 1 N–H and O–H groups in total. The number of aldehydes is 1. The second-order valence-corrected chi connectivity index (χ2v) is 9.53. The van der Waals surface area contributed by atoms with Gasteiger partial charge in [-0.1, -0.05) is 41.9 Å². The van der Waals surface area contributed by atoms with E-state index in [1.54, 1.807) is 60.6 Å². The Bertz CT molecular complexity index is 1470. The molecule has 1 amide bonds. The smallest absolute Gasteiger partial charge is 0.337 e. The summed E-state index contributed by atoms with van der Waals surface area (Å²) in [6.07, 6.45) is 3.84. The number of nitrogens with one attached hydrogen (secondary N) is 1. The van der Waals surface area contributed by atoms with Crippen LogP contribution in [0.1, 0.15) is 38.8 Å². The summed E-state index contributed by atoms with van der Waals surface area (Å²) in [5.74, 6) is -0.759. The zero-order valence-electron chi connectivity index (χ0n) is 23.2. The first-order valence-corrected chi connectivity index (χ1v) is 13.0. The molecule has 0 aliphatic rings. The van der Waals surface area contributed by atoms with Gasteiger partial charge < -0.3 is 19.7 Å². The highest BCUT2D eigenvalue weighted by Crippen LogP contribution is 2.30. The number of hydrogen-bond donors (Lipinski definition) is 1. The van der Waals surface area contributed by atoms with E-state index in [2.05, 4.69) is 5.32 Å². The summed E-state index contributed by atoms with van der Waals surface area (Å²) in [7, 11) is 4.45. The predicted octanol–water partition coefficient (Wildman–Crippen LogP) is 5.58. The van der Waals surface area contributed by atoms with Crippen molar-refractivity contribution in [1.82, 2.24) is 4.90 Å². The number of Topliss-reactive ketones (excluding diaryl/α,β-unsaturated/α-hetero) is 1. The van der Waals surface area contributed by atoms with Gasteiger partial charge in [0, 0.05) is 41.5 Å². The highest BCUT2D eigenvalue weighted by molar-refractivity contribution is 6.31. The maximum absolute atomic E-state index is 13.6. The van der Waals surface area contributed by atoms with E-state index in [4.69, 9.17) is 21.1 Å².